The van der Waals surface area contributed by atoms with Crippen LogP contribution >= 0.6 is 0 Å². The SMILES string of the molecule is CN1CCN(C(=O)c2cc3c(c(-c4cccc(C#CCC5CCCC5)c4)n2)[C@@H](CCO)N([S@](=O)C(C)(C)C)C3)CC1. The Kier molecular flexibility index (Phi) is 9.30. The summed E-state index contributed by atoms with van der Waals surface area (Å²) in [6.07, 6.45) is 6.55. The fourth-order valence-corrected chi connectivity index (χ4v) is 7.63. The Morgan fingerprint density at radius 1 is 1.12 bits per heavy atom. The number of pyridine rings is 1. The molecule has 1 amide bonds. The van der Waals surface area contributed by atoms with Crippen molar-refractivity contribution in [2.45, 2.75) is 76.6 Å². The van der Waals surface area contributed by atoms with E-state index in [4.69, 9.17) is 4.98 Å². The number of hydrogen-bond acceptors (Lipinski definition) is 5. The fourth-order valence-electron chi connectivity index (χ4n) is 6.23. The molecule has 1 N–H and O–H groups in total. The quantitative estimate of drug-likeness (QED) is 0.502. The van der Waals surface area contributed by atoms with Gasteiger partial charge in [0.15, 0.2) is 0 Å². The Morgan fingerprint density at radius 2 is 1.85 bits per heavy atom. The van der Waals surface area contributed by atoms with Gasteiger partial charge in [0, 0.05) is 62.4 Å². The van der Waals surface area contributed by atoms with Crippen LogP contribution in [0.5, 0.6) is 0 Å². The predicted molar refractivity (Wildman–Crippen MR) is 164 cm³/mol. The number of piperazine rings is 1. The maximum absolute atomic E-state index is 13.7. The molecule has 2 aromatic rings. The molecule has 220 valence electrons. The Morgan fingerprint density at radius 3 is 2.54 bits per heavy atom. The summed E-state index contributed by atoms with van der Waals surface area (Å²) in [7, 11) is 0.772. The number of aliphatic hydroxyl groups excluding tert-OH is 1. The van der Waals surface area contributed by atoms with Gasteiger partial charge in [0.05, 0.1) is 16.5 Å². The lowest BCUT2D eigenvalue weighted by Crippen LogP contribution is -2.47. The van der Waals surface area contributed by atoms with Gasteiger partial charge in [-0.1, -0.05) is 36.8 Å². The molecule has 2 aliphatic heterocycles. The van der Waals surface area contributed by atoms with Crippen molar-refractivity contribution in [3.05, 3.63) is 52.7 Å². The number of likely N-dealkylation sites (N-methyl/N-ethyl adjacent to an activating group) is 1. The number of rotatable bonds is 6. The average Bonchev–Trinajstić information content (AvgIpc) is 3.60. The molecule has 0 radical (unpaired) electrons. The molecule has 1 aliphatic carbocycles. The number of carbonyl (C=O) groups excluding carboxylic acids is 1. The van der Waals surface area contributed by atoms with Crippen LogP contribution in [0.3, 0.4) is 0 Å². The van der Waals surface area contributed by atoms with E-state index in [1.54, 1.807) is 0 Å². The summed E-state index contributed by atoms with van der Waals surface area (Å²) in [5.74, 6) is 7.42. The van der Waals surface area contributed by atoms with E-state index in [1.807, 2.05) is 54.2 Å². The summed E-state index contributed by atoms with van der Waals surface area (Å²) < 4.78 is 15.2. The highest BCUT2D eigenvalue weighted by atomic mass is 32.2. The summed E-state index contributed by atoms with van der Waals surface area (Å²) in [6.45, 7) is 9.33. The first kappa shape index (κ1) is 29.9. The molecule has 2 atom stereocenters. The standard InChI is InChI=1S/C33H44N4O3S/c1-33(2,3)41(40)37-23-27-22-28(32(39)36-18-16-35(4)17-19-36)34-31(30(27)29(37)15-20-38)26-14-8-13-25(21-26)12-7-11-24-9-5-6-10-24/h8,13-14,21-22,24,29,38H,5-6,9-11,15-20,23H2,1-4H3/t29-,41-/m1/s1. The number of fused-ring (bicyclic) bond motifs is 1. The smallest absolute Gasteiger partial charge is 0.272 e. The summed E-state index contributed by atoms with van der Waals surface area (Å²) >= 11 is 0. The molecule has 3 heterocycles. The van der Waals surface area contributed by atoms with Crippen LogP contribution in [-0.4, -0.2) is 78.9 Å². The zero-order chi connectivity index (χ0) is 29.1. The minimum Gasteiger partial charge on any atom is -0.396 e. The average molecular weight is 577 g/mol. The molecule has 8 heteroatoms. The van der Waals surface area contributed by atoms with Crippen molar-refractivity contribution in [3.63, 3.8) is 0 Å². The highest BCUT2D eigenvalue weighted by molar-refractivity contribution is 7.84. The minimum absolute atomic E-state index is 0.0317. The summed E-state index contributed by atoms with van der Waals surface area (Å²) in [4.78, 5) is 22.8. The second kappa shape index (κ2) is 12.7. The lowest BCUT2D eigenvalue weighted by atomic mass is 9.95. The Bertz CT molecular complexity index is 1340. The van der Waals surface area contributed by atoms with Gasteiger partial charge in [-0.15, -0.1) is 0 Å². The zero-order valence-electron chi connectivity index (χ0n) is 25.0. The molecule has 1 aromatic heterocycles. The van der Waals surface area contributed by atoms with Crippen LogP contribution in [-0.2, 0) is 17.5 Å². The maximum atomic E-state index is 13.7. The molecule has 3 aliphatic rings. The lowest BCUT2D eigenvalue weighted by molar-refractivity contribution is 0.0658. The highest BCUT2D eigenvalue weighted by Gasteiger charge is 2.40. The van der Waals surface area contributed by atoms with E-state index in [9.17, 15) is 14.1 Å². The van der Waals surface area contributed by atoms with Crippen molar-refractivity contribution in [2.24, 2.45) is 5.92 Å². The van der Waals surface area contributed by atoms with E-state index in [-0.39, 0.29) is 18.6 Å². The number of aromatic nitrogens is 1. The van der Waals surface area contributed by atoms with Crippen LogP contribution in [0.1, 0.15) is 92.5 Å². The van der Waals surface area contributed by atoms with E-state index in [0.29, 0.717) is 37.7 Å². The van der Waals surface area contributed by atoms with Crippen LogP contribution < -0.4 is 0 Å². The van der Waals surface area contributed by atoms with Gasteiger partial charge >= 0.3 is 0 Å². The van der Waals surface area contributed by atoms with Crippen molar-refractivity contribution >= 4 is 16.9 Å². The second-order valence-corrected chi connectivity index (χ2v) is 14.9. The predicted octanol–water partition coefficient (Wildman–Crippen LogP) is 4.77. The molecule has 1 aromatic carbocycles. The van der Waals surface area contributed by atoms with Gasteiger partial charge in [-0.3, -0.25) is 4.79 Å². The lowest BCUT2D eigenvalue weighted by Gasteiger charge is -2.32. The van der Waals surface area contributed by atoms with Crippen LogP contribution in [0.4, 0.5) is 0 Å². The molecule has 2 fully saturated rings. The first-order valence-electron chi connectivity index (χ1n) is 15.1. The maximum Gasteiger partial charge on any atom is 0.272 e. The van der Waals surface area contributed by atoms with Crippen molar-refractivity contribution in [2.75, 3.05) is 39.8 Å². The third kappa shape index (κ3) is 6.75. The van der Waals surface area contributed by atoms with Gasteiger partial charge in [0.1, 0.15) is 16.7 Å². The fraction of sp³-hybridized carbons (Fsp3) is 0.576. The van der Waals surface area contributed by atoms with Crippen molar-refractivity contribution in [1.29, 1.82) is 0 Å². The van der Waals surface area contributed by atoms with E-state index in [1.165, 1.54) is 25.7 Å². The minimum atomic E-state index is -1.30. The highest BCUT2D eigenvalue weighted by Crippen LogP contribution is 2.44. The van der Waals surface area contributed by atoms with Crippen LogP contribution in [0, 0.1) is 17.8 Å². The topological polar surface area (TPSA) is 77.0 Å². The molecular formula is C33H44N4O3S. The largest absolute Gasteiger partial charge is 0.396 e. The van der Waals surface area contributed by atoms with Gasteiger partial charge in [-0.25, -0.2) is 13.5 Å². The third-order valence-electron chi connectivity index (χ3n) is 8.53. The van der Waals surface area contributed by atoms with E-state index < -0.39 is 15.7 Å². The van der Waals surface area contributed by atoms with Gasteiger partial charge < -0.3 is 14.9 Å². The molecule has 0 unspecified atom stereocenters. The van der Waals surface area contributed by atoms with Crippen LogP contribution in [0.15, 0.2) is 30.3 Å². The molecule has 5 rings (SSSR count). The van der Waals surface area contributed by atoms with E-state index in [2.05, 4.69) is 29.9 Å². The number of hydrogen-bond donors (Lipinski definition) is 1. The molecule has 0 bridgehead atoms. The molecule has 0 spiro atoms. The number of amides is 1. The Hall–Kier alpha value is -2.57. The Balaban J connectivity index is 1.56. The van der Waals surface area contributed by atoms with Gasteiger partial charge in [-0.2, -0.15) is 0 Å². The number of benzene rings is 1. The Labute approximate surface area is 247 Å². The van der Waals surface area contributed by atoms with Crippen LogP contribution in [0.2, 0.25) is 0 Å². The zero-order valence-corrected chi connectivity index (χ0v) is 25.8. The van der Waals surface area contributed by atoms with Gasteiger partial charge in [0.2, 0.25) is 0 Å². The van der Waals surface area contributed by atoms with Crippen molar-refractivity contribution < 1.29 is 14.1 Å². The van der Waals surface area contributed by atoms with E-state index in [0.717, 1.165) is 47.5 Å². The second-order valence-electron chi connectivity index (χ2n) is 12.7. The normalized spacial score (nSPS) is 21.0. The number of aliphatic hydroxyl groups is 1. The molecular weight excluding hydrogens is 532 g/mol. The van der Waals surface area contributed by atoms with Crippen molar-refractivity contribution in [1.82, 2.24) is 19.1 Å². The van der Waals surface area contributed by atoms with Gasteiger partial charge in [0.25, 0.3) is 5.91 Å². The van der Waals surface area contributed by atoms with Crippen molar-refractivity contribution in [3.8, 4) is 23.1 Å². The summed E-state index contributed by atoms with van der Waals surface area (Å²) in [5.41, 5.74) is 4.90. The molecule has 7 nitrogen and oxygen atoms in total. The third-order valence-corrected chi connectivity index (χ3v) is 10.4. The van der Waals surface area contributed by atoms with Crippen LogP contribution in [0.25, 0.3) is 11.3 Å². The van der Waals surface area contributed by atoms with E-state index >= 15 is 0 Å². The molecule has 1 saturated heterocycles. The van der Waals surface area contributed by atoms with Gasteiger partial charge in [-0.05, 0) is 76.8 Å². The molecule has 1 saturated carbocycles. The first-order chi connectivity index (χ1) is 19.7. The first-order valence-corrected chi connectivity index (χ1v) is 16.2. The summed E-state index contributed by atoms with van der Waals surface area (Å²) in [6, 6.07) is 9.75. The number of carbonyl (C=O) groups is 1. The monoisotopic (exact) mass is 576 g/mol. The summed E-state index contributed by atoms with van der Waals surface area (Å²) in [5, 5.41) is 10.1. The number of nitrogens with zero attached hydrogens (tertiary/aromatic N) is 4. The molecule has 41 heavy (non-hydrogen) atoms.